The number of phosphoric acid groups is 1. The van der Waals surface area contributed by atoms with E-state index in [-0.39, 0.29) is 12.5 Å². The van der Waals surface area contributed by atoms with Gasteiger partial charge in [0.15, 0.2) is 0 Å². The molecular weight excluding hydrogens is 876 g/mol. The number of carbonyl (C=O) groups excluding carboxylic acids is 1. The van der Waals surface area contributed by atoms with E-state index in [2.05, 4.69) is 79.9 Å². The van der Waals surface area contributed by atoms with Gasteiger partial charge in [-0.1, -0.05) is 254 Å². The number of aliphatic hydroxyl groups excluding tert-OH is 1. The van der Waals surface area contributed by atoms with E-state index in [9.17, 15) is 19.4 Å². The average Bonchev–Trinajstić information content (AvgIpc) is 3.31. The first-order valence-electron chi connectivity index (χ1n) is 28.8. The number of nitrogens with one attached hydrogen (secondary N) is 1. The third-order valence-electron chi connectivity index (χ3n) is 12.7. The Morgan fingerprint density at radius 1 is 0.522 bits per heavy atom. The summed E-state index contributed by atoms with van der Waals surface area (Å²) in [6, 6.07) is -0.902. The van der Waals surface area contributed by atoms with Gasteiger partial charge in [0.25, 0.3) is 7.82 Å². The van der Waals surface area contributed by atoms with Crippen molar-refractivity contribution in [3.8, 4) is 0 Å². The summed E-state index contributed by atoms with van der Waals surface area (Å²) >= 11 is 0. The van der Waals surface area contributed by atoms with E-state index in [1.54, 1.807) is 6.08 Å². The highest BCUT2D eigenvalue weighted by atomic mass is 31.2. The number of rotatable bonds is 52. The summed E-state index contributed by atoms with van der Waals surface area (Å²) in [5, 5.41) is 13.9. The van der Waals surface area contributed by atoms with Gasteiger partial charge in [-0.05, 0) is 64.2 Å². The van der Waals surface area contributed by atoms with Gasteiger partial charge < -0.3 is 28.8 Å². The summed E-state index contributed by atoms with van der Waals surface area (Å²) in [5.41, 5.74) is 0. The van der Waals surface area contributed by atoms with Crippen molar-refractivity contribution < 1.29 is 32.9 Å². The molecule has 0 saturated heterocycles. The first-order valence-corrected chi connectivity index (χ1v) is 30.3. The normalized spacial score (nSPS) is 14.5. The van der Waals surface area contributed by atoms with Crippen LogP contribution >= 0.6 is 7.82 Å². The van der Waals surface area contributed by atoms with Crippen molar-refractivity contribution in [3.05, 3.63) is 72.9 Å². The van der Waals surface area contributed by atoms with Crippen LogP contribution in [0.3, 0.4) is 0 Å². The van der Waals surface area contributed by atoms with Crippen LogP contribution < -0.4 is 10.2 Å². The van der Waals surface area contributed by atoms with Gasteiger partial charge in [-0.3, -0.25) is 9.36 Å². The Labute approximate surface area is 427 Å². The number of hydrogen-bond donors (Lipinski definition) is 2. The van der Waals surface area contributed by atoms with E-state index in [1.165, 1.54) is 141 Å². The van der Waals surface area contributed by atoms with Crippen molar-refractivity contribution >= 4 is 13.7 Å². The van der Waals surface area contributed by atoms with Gasteiger partial charge in [-0.2, -0.15) is 0 Å². The molecule has 0 aromatic carbocycles. The van der Waals surface area contributed by atoms with Gasteiger partial charge in [-0.15, -0.1) is 0 Å². The van der Waals surface area contributed by atoms with E-state index in [0.717, 1.165) is 89.9 Å². The second-order valence-corrected chi connectivity index (χ2v) is 22.0. The number of nitrogens with zero attached hydrogens (tertiary/aromatic N) is 1. The second-order valence-electron chi connectivity index (χ2n) is 20.6. The SMILES string of the molecule is CC/C=C\C/C=C\C/C=C\C/C=C\C/C=C\CCCCCCCC(=O)NC(COP(=O)([O-])OCC[N+](C)(C)C)C(O)/C=C/CCCCCCCCCCCCCCCCCCCCCCCCCC. The minimum atomic E-state index is -4.61. The molecule has 0 fully saturated rings. The average molecular weight is 988 g/mol. The Balaban J connectivity index is 4.26. The lowest BCUT2D eigenvalue weighted by molar-refractivity contribution is -0.870. The molecule has 0 aliphatic rings. The maximum absolute atomic E-state index is 13.0. The Bertz CT molecular complexity index is 1350. The van der Waals surface area contributed by atoms with Crippen molar-refractivity contribution in [2.24, 2.45) is 0 Å². The van der Waals surface area contributed by atoms with Crippen LogP contribution in [0.5, 0.6) is 0 Å². The largest absolute Gasteiger partial charge is 0.756 e. The maximum atomic E-state index is 13.0. The van der Waals surface area contributed by atoms with Gasteiger partial charge >= 0.3 is 0 Å². The number of quaternary nitrogens is 1. The third-order valence-corrected chi connectivity index (χ3v) is 13.6. The molecule has 402 valence electrons. The summed E-state index contributed by atoms with van der Waals surface area (Å²) in [6.45, 7) is 4.54. The number of aliphatic hydroxyl groups is 1. The fourth-order valence-corrected chi connectivity index (χ4v) is 8.90. The minimum absolute atomic E-state index is 0.00827. The molecule has 0 heterocycles. The molecule has 0 aliphatic carbocycles. The first-order chi connectivity index (χ1) is 33.5. The highest BCUT2D eigenvalue weighted by Gasteiger charge is 2.23. The number of hydrogen-bond acceptors (Lipinski definition) is 6. The number of phosphoric ester groups is 1. The monoisotopic (exact) mass is 987 g/mol. The zero-order chi connectivity index (χ0) is 50.6. The van der Waals surface area contributed by atoms with E-state index in [0.29, 0.717) is 17.4 Å². The lowest BCUT2D eigenvalue weighted by Gasteiger charge is -2.29. The number of likely N-dealkylation sites (N-methyl/N-ethyl adjacent to an activating group) is 1. The van der Waals surface area contributed by atoms with E-state index in [1.807, 2.05) is 27.2 Å². The lowest BCUT2D eigenvalue weighted by atomic mass is 10.0. The number of unbranched alkanes of at least 4 members (excludes halogenated alkanes) is 29. The molecule has 0 spiro atoms. The van der Waals surface area contributed by atoms with Gasteiger partial charge in [0.2, 0.25) is 5.91 Å². The summed E-state index contributed by atoms with van der Waals surface area (Å²) in [7, 11) is 1.24. The predicted molar refractivity (Wildman–Crippen MR) is 297 cm³/mol. The Hall–Kier alpha value is -2.06. The molecule has 0 radical (unpaired) electrons. The molecular formula is C60H111N2O6P. The lowest BCUT2D eigenvalue weighted by Crippen LogP contribution is -2.45. The highest BCUT2D eigenvalue weighted by Crippen LogP contribution is 2.38. The van der Waals surface area contributed by atoms with Crippen LogP contribution in [0.1, 0.15) is 251 Å². The molecule has 69 heavy (non-hydrogen) atoms. The second kappa shape index (κ2) is 50.9. The quantitative estimate of drug-likeness (QED) is 0.0272. The van der Waals surface area contributed by atoms with Gasteiger partial charge in [0.1, 0.15) is 13.2 Å². The van der Waals surface area contributed by atoms with Gasteiger partial charge in [0, 0.05) is 6.42 Å². The topological polar surface area (TPSA) is 108 Å². The van der Waals surface area contributed by atoms with Crippen LogP contribution in [0.25, 0.3) is 0 Å². The summed E-state index contributed by atoms with van der Waals surface area (Å²) in [5.74, 6) is -0.216. The molecule has 3 unspecified atom stereocenters. The molecule has 8 nitrogen and oxygen atoms in total. The van der Waals surface area contributed by atoms with Crippen molar-refractivity contribution in [2.75, 3.05) is 40.9 Å². The molecule has 1 amide bonds. The fourth-order valence-electron chi connectivity index (χ4n) is 8.18. The van der Waals surface area contributed by atoms with Crippen molar-refractivity contribution in [3.63, 3.8) is 0 Å². The molecule has 0 aliphatic heterocycles. The van der Waals surface area contributed by atoms with Gasteiger partial charge in [0.05, 0.1) is 39.9 Å². The molecule has 3 atom stereocenters. The Morgan fingerprint density at radius 3 is 1.29 bits per heavy atom. The fraction of sp³-hybridized carbons (Fsp3) is 0.783. The van der Waals surface area contributed by atoms with E-state index >= 15 is 0 Å². The van der Waals surface area contributed by atoms with Crippen LogP contribution in [-0.4, -0.2) is 68.5 Å². The molecule has 0 saturated carbocycles. The standard InChI is InChI=1S/C60H111N2O6P/c1-6-8-10-12-14-16-18-20-22-24-26-28-29-30-31-32-34-35-37-39-41-43-45-47-49-51-53-59(63)58(57-68-69(65,66)67-56-55-62(3,4)5)61-60(64)54-52-50-48-46-44-42-40-38-36-33-27-25-23-21-19-17-15-13-11-9-7-2/h9,11,15,17,21,23,27,33,38,40,51,53,58-59,63H,6-8,10,12-14,16,18-20,22,24-26,28-32,34-37,39,41-50,52,54-57H2,1-5H3,(H-,61,64,65,66)/b11-9-,17-15-,23-21-,33-27-,40-38-,53-51+. The Morgan fingerprint density at radius 2 is 0.884 bits per heavy atom. The van der Waals surface area contributed by atoms with Crippen LogP contribution in [-0.2, 0) is 18.4 Å². The molecule has 0 aromatic rings. The van der Waals surface area contributed by atoms with E-state index < -0.39 is 26.6 Å². The van der Waals surface area contributed by atoms with E-state index in [4.69, 9.17) is 9.05 Å². The zero-order valence-corrected chi connectivity index (χ0v) is 46.6. The van der Waals surface area contributed by atoms with Crippen molar-refractivity contribution in [2.45, 2.75) is 264 Å². The first kappa shape index (κ1) is 66.9. The third kappa shape index (κ3) is 53.6. The van der Waals surface area contributed by atoms with Crippen LogP contribution in [0.2, 0.25) is 0 Å². The molecule has 0 bridgehead atoms. The predicted octanol–water partition coefficient (Wildman–Crippen LogP) is 16.9. The van der Waals surface area contributed by atoms with Crippen LogP contribution in [0.4, 0.5) is 0 Å². The van der Waals surface area contributed by atoms with Crippen LogP contribution in [0, 0.1) is 0 Å². The maximum Gasteiger partial charge on any atom is 0.268 e. The van der Waals surface area contributed by atoms with Gasteiger partial charge in [-0.25, -0.2) is 0 Å². The van der Waals surface area contributed by atoms with Crippen LogP contribution in [0.15, 0.2) is 72.9 Å². The summed E-state index contributed by atoms with van der Waals surface area (Å²) in [6.07, 6.45) is 69.8. The molecule has 9 heteroatoms. The number of amides is 1. The van der Waals surface area contributed by atoms with Crippen molar-refractivity contribution in [1.82, 2.24) is 5.32 Å². The summed E-state index contributed by atoms with van der Waals surface area (Å²) < 4.78 is 23.3. The summed E-state index contributed by atoms with van der Waals surface area (Å²) in [4.78, 5) is 25.5. The number of carbonyl (C=O) groups is 1. The number of allylic oxidation sites excluding steroid dienone is 11. The van der Waals surface area contributed by atoms with Crippen molar-refractivity contribution in [1.29, 1.82) is 0 Å². The minimum Gasteiger partial charge on any atom is -0.756 e. The highest BCUT2D eigenvalue weighted by molar-refractivity contribution is 7.45. The molecule has 2 N–H and O–H groups in total. The zero-order valence-electron chi connectivity index (χ0n) is 45.8. The molecule has 0 rings (SSSR count). The smallest absolute Gasteiger partial charge is 0.268 e. The Kier molecular flexibility index (Phi) is 49.3. The molecule has 0 aromatic heterocycles.